The van der Waals surface area contributed by atoms with E-state index in [2.05, 4.69) is 10.00 Å². The zero-order chi connectivity index (χ0) is 14.8. The van der Waals surface area contributed by atoms with E-state index in [1.165, 1.54) is 0 Å². The number of anilines is 1. The summed E-state index contributed by atoms with van der Waals surface area (Å²) in [5.41, 5.74) is 1.68. The van der Waals surface area contributed by atoms with Crippen molar-refractivity contribution in [3.63, 3.8) is 0 Å². The number of hydrogen-bond acceptors (Lipinski definition) is 3. The first-order chi connectivity index (χ1) is 10.1. The van der Waals surface area contributed by atoms with Crippen molar-refractivity contribution in [2.24, 2.45) is 7.05 Å². The molecule has 3 rings (SSSR count). The minimum Gasteiger partial charge on any atom is -0.367 e. The van der Waals surface area contributed by atoms with Gasteiger partial charge in [0.2, 0.25) is 0 Å². The van der Waals surface area contributed by atoms with Crippen molar-refractivity contribution in [1.29, 1.82) is 0 Å². The Bertz CT molecular complexity index is 647. The van der Waals surface area contributed by atoms with Crippen molar-refractivity contribution in [2.75, 3.05) is 31.1 Å². The summed E-state index contributed by atoms with van der Waals surface area (Å²) < 4.78 is 1.65. The van der Waals surface area contributed by atoms with Gasteiger partial charge in [-0.3, -0.25) is 9.48 Å². The first-order valence-corrected chi connectivity index (χ1v) is 7.30. The molecular weight excluding hydrogens is 288 g/mol. The molecule has 2 heterocycles. The molecule has 1 amide bonds. The van der Waals surface area contributed by atoms with E-state index in [1.807, 2.05) is 36.2 Å². The van der Waals surface area contributed by atoms with Gasteiger partial charge in [0.1, 0.15) is 0 Å². The van der Waals surface area contributed by atoms with E-state index in [-0.39, 0.29) is 5.91 Å². The van der Waals surface area contributed by atoms with E-state index in [4.69, 9.17) is 11.6 Å². The lowest BCUT2D eigenvalue weighted by molar-refractivity contribution is 0.0746. The van der Waals surface area contributed by atoms with Gasteiger partial charge in [0.15, 0.2) is 0 Å². The van der Waals surface area contributed by atoms with Gasteiger partial charge in [-0.05, 0) is 12.1 Å². The third-order valence-corrected chi connectivity index (χ3v) is 4.03. The number of aryl methyl sites for hydroxylation is 1. The number of benzene rings is 1. The Labute approximate surface area is 128 Å². The molecule has 0 aliphatic carbocycles. The molecular formula is C15H17ClN4O. The van der Waals surface area contributed by atoms with E-state index in [1.54, 1.807) is 17.1 Å². The molecule has 1 saturated heterocycles. The van der Waals surface area contributed by atoms with Crippen LogP contribution in [0.2, 0.25) is 5.02 Å². The van der Waals surface area contributed by atoms with Gasteiger partial charge in [-0.25, -0.2) is 0 Å². The van der Waals surface area contributed by atoms with Gasteiger partial charge in [-0.2, -0.15) is 5.10 Å². The van der Waals surface area contributed by atoms with Crippen LogP contribution in [0.3, 0.4) is 0 Å². The monoisotopic (exact) mass is 304 g/mol. The molecule has 0 spiro atoms. The molecule has 1 aromatic heterocycles. The summed E-state index contributed by atoms with van der Waals surface area (Å²) >= 11 is 6.22. The van der Waals surface area contributed by atoms with Gasteiger partial charge in [0.25, 0.3) is 5.91 Å². The highest BCUT2D eigenvalue weighted by Gasteiger charge is 2.23. The minimum atomic E-state index is 0.0434. The lowest BCUT2D eigenvalue weighted by atomic mass is 10.2. The number of carbonyl (C=O) groups is 1. The summed E-state index contributed by atoms with van der Waals surface area (Å²) in [6, 6.07) is 7.81. The fourth-order valence-corrected chi connectivity index (χ4v) is 2.83. The average molecular weight is 305 g/mol. The summed E-state index contributed by atoms with van der Waals surface area (Å²) in [4.78, 5) is 16.4. The normalized spacial score (nSPS) is 15.3. The molecule has 0 bridgehead atoms. The number of piperazine rings is 1. The predicted octanol–water partition coefficient (Wildman–Crippen LogP) is 2.04. The van der Waals surface area contributed by atoms with Crippen molar-refractivity contribution >= 4 is 23.2 Å². The molecule has 1 fully saturated rings. The van der Waals surface area contributed by atoms with Crippen molar-refractivity contribution < 1.29 is 4.79 Å². The highest BCUT2D eigenvalue weighted by atomic mass is 35.5. The maximum absolute atomic E-state index is 12.4. The second-order valence-corrected chi connectivity index (χ2v) is 5.54. The standard InChI is InChI=1S/C15H17ClN4O/c1-18-11-12(10-17-18)15(21)20-8-6-19(7-9-20)14-5-3-2-4-13(14)16/h2-5,10-11H,6-9H2,1H3. The van der Waals surface area contributed by atoms with Gasteiger partial charge in [-0.15, -0.1) is 0 Å². The molecule has 6 heteroatoms. The minimum absolute atomic E-state index is 0.0434. The summed E-state index contributed by atoms with van der Waals surface area (Å²) in [6.45, 7) is 2.96. The Morgan fingerprint density at radius 2 is 1.90 bits per heavy atom. The van der Waals surface area contributed by atoms with Crippen molar-refractivity contribution in [3.8, 4) is 0 Å². The number of carbonyl (C=O) groups excluding carboxylic acids is 1. The van der Waals surface area contributed by atoms with E-state index in [0.717, 1.165) is 23.8 Å². The zero-order valence-corrected chi connectivity index (χ0v) is 12.6. The van der Waals surface area contributed by atoms with E-state index in [0.29, 0.717) is 18.7 Å². The van der Waals surface area contributed by atoms with Crippen LogP contribution >= 0.6 is 11.6 Å². The number of amides is 1. The van der Waals surface area contributed by atoms with Crippen molar-refractivity contribution in [3.05, 3.63) is 47.2 Å². The summed E-state index contributed by atoms with van der Waals surface area (Å²) in [7, 11) is 1.81. The molecule has 1 aromatic carbocycles. The van der Waals surface area contributed by atoms with Crippen LogP contribution in [0.5, 0.6) is 0 Å². The highest BCUT2D eigenvalue weighted by Crippen LogP contribution is 2.26. The van der Waals surface area contributed by atoms with Crippen molar-refractivity contribution in [1.82, 2.24) is 14.7 Å². The zero-order valence-electron chi connectivity index (χ0n) is 11.9. The molecule has 5 nitrogen and oxygen atoms in total. The fraction of sp³-hybridized carbons (Fsp3) is 0.333. The lowest BCUT2D eigenvalue weighted by Crippen LogP contribution is -2.48. The van der Waals surface area contributed by atoms with Gasteiger partial charge < -0.3 is 9.80 Å². The molecule has 0 atom stereocenters. The van der Waals surface area contributed by atoms with Crippen LogP contribution in [0.1, 0.15) is 10.4 Å². The molecule has 21 heavy (non-hydrogen) atoms. The highest BCUT2D eigenvalue weighted by molar-refractivity contribution is 6.33. The smallest absolute Gasteiger partial charge is 0.257 e. The van der Waals surface area contributed by atoms with Gasteiger partial charge in [0, 0.05) is 39.4 Å². The van der Waals surface area contributed by atoms with E-state index in [9.17, 15) is 4.79 Å². The summed E-state index contributed by atoms with van der Waals surface area (Å²) in [5.74, 6) is 0.0434. The fourth-order valence-electron chi connectivity index (χ4n) is 2.57. The molecule has 0 saturated carbocycles. The summed E-state index contributed by atoms with van der Waals surface area (Å²) in [5, 5.41) is 4.80. The van der Waals surface area contributed by atoms with Crippen LogP contribution in [0.25, 0.3) is 0 Å². The van der Waals surface area contributed by atoms with E-state index >= 15 is 0 Å². The van der Waals surface area contributed by atoms with Crippen LogP contribution in [0.15, 0.2) is 36.7 Å². The molecule has 1 aliphatic rings. The molecule has 1 aliphatic heterocycles. The Morgan fingerprint density at radius 1 is 1.19 bits per heavy atom. The maximum Gasteiger partial charge on any atom is 0.257 e. The Morgan fingerprint density at radius 3 is 2.52 bits per heavy atom. The molecule has 2 aromatic rings. The number of hydrogen-bond donors (Lipinski definition) is 0. The van der Waals surface area contributed by atoms with E-state index < -0.39 is 0 Å². The first kappa shape index (κ1) is 13.9. The molecule has 0 unspecified atom stereocenters. The third kappa shape index (κ3) is 2.88. The first-order valence-electron chi connectivity index (χ1n) is 6.92. The number of halogens is 1. The Balaban J connectivity index is 1.65. The van der Waals surface area contributed by atoms with Crippen LogP contribution in [-0.2, 0) is 7.05 Å². The van der Waals surface area contributed by atoms with Crippen LogP contribution in [-0.4, -0.2) is 46.8 Å². The largest absolute Gasteiger partial charge is 0.367 e. The average Bonchev–Trinajstić information content (AvgIpc) is 2.94. The topological polar surface area (TPSA) is 41.4 Å². The third-order valence-electron chi connectivity index (χ3n) is 3.71. The van der Waals surface area contributed by atoms with Gasteiger partial charge >= 0.3 is 0 Å². The SMILES string of the molecule is Cn1cc(C(=O)N2CCN(c3ccccc3Cl)CC2)cn1. The number of rotatable bonds is 2. The molecule has 110 valence electrons. The van der Waals surface area contributed by atoms with Gasteiger partial charge in [-0.1, -0.05) is 23.7 Å². The summed E-state index contributed by atoms with van der Waals surface area (Å²) in [6.07, 6.45) is 3.37. The quantitative estimate of drug-likeness (QED) is 0.852. The number of aromatic nitrogens is 2. The van der Waals surface area contributed by atoms with Crippen LogP contribution in [0, 0.1) is 0 Å². The maximum atomic E-state index is 12.4. The number of para-hydroxylation sites is 1. The Kier molecular flexibility index (Phi) is 3.84. The Hall–Kier alpha value is -2.01. The van der Waals surface area contributed by atoms with Gasteiger partial charge in [0.05, 0.1) is 22.5 Å². The number of nitrogens with zero attached hydrogens (tertiary/aromatic N) is 4. The lowest BCUT2D eigenvalue weighted by Gasteiger charge is -2.36. The molecule has 0 N–H and O–H groups in total. The van der Waals surface area contributed by atoms with Crippen LogP contribution < -0.4 is 4.90 Å². The second-order valence-electron chi connectivity index (χ2n) is 5.13. The van der Waals surface area contributed by atoms with Crippen LogP contribution in [0.4, 0.5) is 5.69 Å². The molecule has 0 radical (unpaired) electrons. The second kappa shape index (κ2) is 5.77. The van der Waals surface area contributed by atoms with Crippen molar-refractivity contribution in [2.45, 2.75) is 0 Å². The predicted molar refractivity (Wildman–Crippen MR) is 82.8 cm³/mol.